The number of methoxy groups -OCH3 is 1. The fraction of sp³-hybridized carbons (Fsp3) is 0.273. The molecule has 0 aliphatic carbocycles. The summed E-state index contributed by atoms with van der Waals surface area (Å²) in [6.07, 6.45) is 2.33. The maximum Gasteiger partial charge on any atom is 0.251 e. The van der Waals surface area contributed by atoms with Crippen LogP contribution in [0, 0.1) is 0 Å². The fourth-order valence-corrected chi connectivity index (χ4v) is 4.59. The average Bonchev–Trinajstić information content (AvgIpc) is 2.79. The molecular weight excluding hydrogens is 452 g/mol. The summed E-state index contributed by atoms with van der Waals surface area (Å²) in [6.45, 7) is 2.95. The number of anilines is 1. The van der Waals surface area contributed by atoms with Crippen molar-refractivity contribution < 1.29 is 17.9 Å². The summed E-state index contributed by atoms with van der Waals surface area (Å²) < 4.78 is 32.7. The molecule has 0 spiro atoms. The number of nitrogens with one attached hydrogen (secondary N) is 3. The van der Waals surface area contributed by atoms with E-state index in [-0.39, 0.29) is 22.1 Å². The molecule has 3 N–H and O–H groups in total. The third kappa shape index (κ3) is 5.67. The minimum absolute atomic E-state index is 0.0684. The highest BCUT2D eigenvalue weighted by Gasteiger charge is 2.21. The van der Waals surface area contributed by atoms with E-state index in [4.69, 9.17) is 16.3 Å². The van der Waals surface area contributed by atoms with E-state index in [1.807, 2.05) is 19.1 Å². The van der Waals surface area contributed by atoms with Gasteiger partial charge in [0.2, 0.25) is 10.0 Å². The van der Waals surface area contributed by atoms with E-state index in [2.05, 4.69) is 20.3 Å². The second kappa shape index (κ2) is 10.6. The maximum absolute atomic E-state index is 12.6. The number of hydrogen-bond donors (Lipinski definition) is 3. The molecule has 0 unspecified atom stereocenters. The van der Waals surface area contributed by atoms with E-state index in [0.717, 1.165) is 16.6 Å². The highest BCUT2D eigenvalue weighted by Crippen LogP contribution is 2.25. The first-order valence-corrected chi connectivity index (χ1v) is 12.0. The molecule has 1 amide bonds. The van der Waals surface area contributed by atoms with Gasteiger partial charge < -0.3 is 15.4 Å². The van der Waals surface area contributed by atoms with Gasteiger partial charge in [0.15, 0.2) is 0 Å². The van der Waals surface area contributed by atoms with Crippen LogP contribution in [0.25, 0.3) is 10.9 Å². The van der Waals surface area contributed by atoms with Gasteiger partial charge in [0.25, 0.3) is 5.91 Å². The standard InChI is InChI=1S/C22H25ClN4O4S/c1-3-9-27-32(29,30)21-13-15(4-7-20(21)31-2)22(28)26-12-11-25-18-8-10-24-19-14-16(23)5-6-17(18)19/h4-8,10,13-14,27H,3,9,11-12H2,1-2H3,(H,24,25)(H,26,28). The maximum atomic E-state index is 12.6. The van der Waals surface area contributed by atoms with E-state index < -0.39 is 10.0 Å². The van der Waals surface area contributed by atoms with Crippen molar-refractivity contribution in [2.45, 2.75) is 18.2 Å². The highest BCUT2D eigenvalue weighted by atomic mass is 35.5. The Bertz CT molecular complexity index is 1220. The van der Waals surface area contributed by atoms with Crippen LogP contribution in [-0.2, 0) is 10.0 Å². The Morgan fingerprint density at radius 1 is 1.09 bits per heavy atom. The van der Waals surface area contributed by atoms with Gasteiger partial charge in [-0.25, -0.2) is 13.1 Å². The van der Waals surface area contributed by atoms with Gasteiger partial charge in [-0.3, -0.25) is 9.78 Å². The number of benzene rings is 2. The molecule has 0 bridgehead atoms. The topological polar surface area (TPSA) is 109 Å². The molecule has 0 aliphatic rings. The van der Waals surface area contributed by atoms with Gasteiger partial charge in [-0.1, -0.05) is 18.5 Å². The molecule has 32 heavy (non-hydrogen) atoms. The molecule has 1 heterocycles. The largest absolute Gasteiger partial charge is 0.495 e. The first kappa shape index (κ1) is 23.8. The summed E-state index contributed by atoms with van der Waals surface area (Å²) in [6, 6.07) is 11.6. The molecule has 8 nitrogen and oxygen atoms in total. The molecular formula is C22H25ClN4O4S. The third-order valence-corrected chi connectivity index (χ3v) is 6.41. The van der Waals surface area contributed by atoms with Gasteiger partial charge in [-0.2, -0.15) is 0 Å². The second-order valence-electron chi connectivity index (χ2n) is 6.97. The Balaban J connectivity index is 1.65. The molecule has 0 aliphatic heterocycles. The van der Waals surface area contributed by atoms with Crippen LogP contribution >= 0.6 is 11.6 Å². The highest BCUT2D eigenvalue weighted by molar-refractivity contribution is 7.89. The molecule has 0 atom stereocenters. The van der Waals surface area contributed by atoms with Crippen LogP contribution in [0.2, 0.25) is 5.02 Å². The van der Waals surface area contributed by atoms with Gasteiger partial charge in [-0.15, -0.1) is 0 Å². The lowest BCUT2D eigenvalue weighted by atomic mass is 10.2. The molecule has 1 aromatic heterocycles. The van der Waals surface area contributed by atoms with E-state index in [1.165, 1.54) is 25.3 Å². The average molecular weight is 477 g/mol. The number of ether oxygens (including phenoxy) is 1. The number of halogens is 1. The molecule has 0 saturated heterocycles. The number of sulfonamides is 1. The van der Waals surface area contributed by atoms with Crippen LogP contribution in [0.15, 0.2) is 53.6 Å². The summed E-state index contributed by atoms with van der Waals surface area (Å²) >= 11 is 6.02. The zero-order valence-corrected chi connectivity index (χ0v) is 19.4. The molecule has 0 fully saturated rings. The lowest BCUT2D eigenvalue weighted by Gasteiger charge is -2.13. The van der Waals surface area contributed by atoms with Gasteiger partial charge in [-0.05, 0) is 48.9 Å². The summed E-state index contributed by atoms with van der Waals surface area (Å²) in [5.74, 6) is -0.204. The van der Waals surface area contributed by atoms with Gasteiger partial charge in [0, 0.05) is 47.5 Å². The summed E-state index contributed by atoms with van der Waals surface area (Å²) in [4.78, 5) is 16.8. The second-order valence-corrected chi connectivity index (χ2v) is 9.14. The van der Waals surface area contributed by atoms with Crippen molar-refractivity contribution in [1.29, 1.82) is 0 Å². The summed E-state index contributed by atoms with van der Waals surface area (Å²) in [5.41, 5.74) is 1.88. The predicted molar refractivity (Wildman–Crippen MR) is 126 cm³/mol. The van der Waals surface area contributed by atoms with Crippen molar-refractivity contribution in [3.63, 3.8) is 0 Å². The number of pyridine rings is 1. The Labute approximate surface area is 192 Å². The molecule has 0 radical (unpaired) electrons. The molecule has 2 aromatic carbocycles. The van der Waals surface area contributed by atoms with E-state index in [0.29, 0.717) is 31.1 Å². The molecule has 10 heteroatoms. The molecule has 0 saturated carbocycles. The smallest absolute Gasteiger partial charge is 0.251 e. The molecule has 3 rings (SSSR count). The van der Waals surface area contributed by atoms with Crippen LogP contribution < -0.4 is 20.1 Å². The minimum atomic E-state index is -3.79. The zero-order chi connectivity index (χ0) is 23.1. The summed E-state index contributed by atoms with van der Waals surface area (Å²) in [7, 11) is -2.40. The number of hydrogen-bond acceptors (Lipinski definition) is 6. The van der Waals surface area contributed by atoms with Gasteiger partial charge in [0.1, 0.15) is 10.6 Å². The quantitative estimate of drug-likeness (QED) is 0.387. The SMILES string of the molecule is CCCNS(=O)(=O)c1cc(C(=O)NCCNc2ccnc3cc(Cl)ccc23)ccc1OC. The molecule has 3 aromatic rings. The minimum Gasteiger partial charge on any atom is -0.495 e. The van der Waals surface area contributed by atoms with Crippen molar-refractivity contribution in [2.24, 2.45) is 0 Å². The number of fused-ring (bicyclic) bond motifs is 1. The normalized spacial score (nSPS) is 11.3. The van der Waals surface area contributed by atoms with Crippen molar-refractivity contribution >= 4 is 44.1 Å². The molecule has 170 valence electrons. The van der Waals surface area contributed by atoms with Crippen LogP contribution in [-0.4, -0.2) is 46.1 Å². The van der Waals surface area contributed by atoms with Crippen LogP contribution in [0.4, 0.5) is 5.69 Å². The number of nitrogens with zero attached hydrogens (tertiary/aromatic N) is 1. The lowest BCUT2D eigenvalue weighted by molar-refractivity contribution is 0.0955. The Morgan fingerprint density at radius 2 is 1.91 bits per heavy atom. The predicted octanol–water partition coefficient (Wildman–Crippen LogP) is 3.43. The van der Waals surface area contributed by atoms with E-state index in [9.17, 15) is 13.2 Å². The van der Waals surface area contributed by atoms with Crippen LogP contribution in [0.5, 0.6) is 5.75 Å². The van der Waals surface area contributed by atoms with Crippen LogP contribution in [0.3, 0.4) is 0 Å². The lowest BCUT2D eigenvalue weighted by Crippen LogP contribution is -2.29. The third-order valence-electron chi connectivity index (χ3n) is 4.69. The van der Waals surface area contributed by atoms with Crippen molar-refractivity contribution in [2.75, 3.05) is 32.1 Å². The number of aromatic nitrogens is 1. The van der Waals surface area contributed by atoms with Gasteiger partial charge in [0.05, 0.1) is 12.6 Å². The van der Waals surface area contributed by atoms with E-state index in [1.54, 1.807) is 18.3 Å². The van der Waals surface area contributed by atoms with Crippen LogP contribution in [0.1, 0.15) is 23.7 Å². The monoisotopic (exact) mass is 476 g/mol. The fourth-order valence-electron chi connectivity index (χ4n) is 3.09. The number of carbonyl (C=O) groups excluding carboxylic acids is 1. The number of rotatable bonds is 10. The zero-order valence-electron chi connectivity index (χ0n) is 17.8. The Hall–Kier alpha value is -2.88. The number of carbonyl (C=O) groups is 1. The Kier molecular flexibility index (Phi) is 7.89. The van der Waals surface area contributed by atoms with Crippen molar-refractivity contribution in [3.8, 4) is 5.75 Å². The summed E-state index contributed by atoms with van der Waals surface area (Å²) in [5, 5.41) is 7.59. The number of amides is 1. The first-order chi connectivity index (χ1) is 15.4. The van der Waals surface area contributed by atoms with Crippen molar-refractivity contribution in [1.82, 2.24) is 15.0 Å². The Morgan fingerprint density at radius 3 is 2.66 bits per heavy atom. The van der Waals surface area contributed by atoms with Crippen molar-refractivity contribution in [3.05, 3.63) is 59.2 Å². The van der Waals surface area contributed by atoms with E-state index >= 15 is 0 Å². The van der Waals surface area contributed by atoms with Gasteiger partial charge >= 0.3 is 0 Å². The first-order valence-electron chi connectivity index (χ1n) is 10.1.